The number of benzene rings is 1. The number of nitrogens with one attached hydrogen (secondary N) is 1. The van der Waals surface area contributed by atoms with Gasteiger partial charge >= 0.3 is 0 Å². The molecule has 1 aromatic carbocycles. The molecule has 2 heterocycles. The zero-order valence-corrected chi connectivity index (χ0v) is 16.1. The zero-order valence-electron chi connectivity index (χ0n) is 14.5. The first-order valence-electron chi connectivity index (χ1n) is 7.93. The second-order valence-corrected chi connectivity index (χ2v) is 7.63. The average molecular weight is 373 g/mol. The molecule has 0 unspecified atom stereocenters. The third kappa shape index (κ3) is 4.32. The maximum Gasteiger partial charge on any atom is 0.174 e. The van der Waals surface area contributed by atoms with Gasteiger partial charge in [0.05, 0.1) is 18.6 Å². The van der Waals surface area contributed by atoms with Gasteiger partial charge < -0.3 is 9.72 Å². The van der Waals surface area contributed by atoms with Gasteiger partial charge in [0, 0.05) is 33.6 Å². The summed E-state index contributed by atoms with van der Waals surface area (Å²) in [5.41, 5.74) is 4.81. The van der Waals surface area contributed by atoms with Crippen molar-refractivity contribution in [1.82, 2.24) is 9.97 Å². The number of H-pyrrole nitrogens is 1. The molecule has 6 heteroatoms. The number of thioether (sulfide) groups is 1. The van der Waals surface area contributed by atoms with Gasteiger partial charge in [-0.15, -0.1) is 23.1 Å². The third-order valence-electron chi connectivity index (χ3n) is 3.80. The Kier molecular flexibility index (Phi) is 5.60. The molecule has 0 bridgehead atoms. The predicted molar refractivity (Wildman–Crippen MR) is 105 cm³/mol. The lowest BCUT2D eigenvalue weighted by molar-refractivity contribution is 0.102. The molecule has 25 heavy (non-hydrogen) atoms. The van der Waals surface area contributed by atoms with Crippen molar-refractivity contribution in [2.75, 3.05) is 12.9 Å². The number of hydrogen-bond acceptors (Lipinski definition) is 5. The van der Waals surface area contributed by atoms with Crippen LogP contribution in [-0.2, 0) is 5.75 Å². The fourth-order valence-corrected chi connectivity index (χ4v) is 4.32. The summed E-state index contributed by atoms with van der Waals surface area (Å²) in [5, 5.41) is 3.02. The Bertz CT molecular complexity index is 883. The van der Waals surface area contributed by atoms with Crippen LogP contribution in [-0.4, -0.2) is 28.6 Å². The number of aromatic nitrogens is 2. The van der Waals surface area contributed by atoms with E-state index < -0.39 is 0 Å². The van der Waals surface area contributed by atoms with Crippen molar-refractivity contribution < 1.29 is 9.53 Å². The summed E-state index contributed by atoms with van der Waals surface area (Å²) in [4.78, 5) is 20.1. The van der Waals surface area contributed by atoms with Crippen molar-refractivity contribution in [3.05, 3.63) is 58.4 Å². The topological polar surface area (TPSA) is 55.0 Å². The lowest BCUT2D eigenvalue weighted by Gasteiger charge is -2.01. The molecule has 3 rings (SSSR count). The first-order chi connectivity index (χ1) is 12.1. The first kappa shape index (κ1) is 17.8. The third-order valence-corrected chi connectivity index (χ3v) is 5.71. The summed E-state index contributed by atoms with van der Waals surface area (Å²) in [5.74, 6) is 2.18. The van der Waals surface area contributed by atoms with Crippen LogP contribution in [0.3, 0.4) is 0 Å². The van der Waals surface area contributed by atoms with Gasteiger partial charge in [-0.3, -0.25) is 4.79 Å². The zero-order chi connectivity index (χ0) is 17.8. The number of ether oxygens (including phenoxy) is 1. The molecule has 0 radical (unpaired) electrons. The van der Waals surface area contributed by atoms with E-state index in [1.807, 2.05) is 44.2 Å². The van der Waals surface area contributed by atoms with Crippen molar-refractivity contribution in [3.63, 3.8) is 0 Å². The average Bonchev–Trinajstić information content (AvgIpc) is 3.21. The smallest absolute Gasteiger partial charge is 0.174 e. The van der Waals surface area contributed by atoms with E-state index in [2.05, 4.69) is 15.3 Å². The molecule has 0 amide bonds. The highest BCUT2D eigenvalue weighted by atomic mass is 32.2. The summed E-state index contributed by atoms with van der Waals surface area (Å²) in [6.45, 7) is 3.90. The van der Waals surface area contributed by atoms with Gasteiger partial charge in [-0.2, -0.15) is 0 Å². The van der Waals surface area contributed by atoms with Crippen molar-refractivity contribution in [3.8, 4) is 16.3 Å². The molecule has 0 saturated heterocycles. The number of carbonyl (C=O) groups excluding carboxylic acids is 1. The number of thiazole rings is 1. The normalized spacial score (nSPS) is 10.8. The van der Waals surface area contributed by atoms with E-state index in [4.69, 9.17) is 4.74 Å². The number of hydrogen-bond donors (Lipinski definition) is 1. The SMILES string of the molecule is COc1cccc(-c2nc(CSCC(=O)c3cc(C)[nH]c3C)cs2)c1. The van der Waals surface area contributed by atoms with Crippen LogP contribution in [0.1, 0.15) is 27.4 Å². The number of aromatic amines is 1. The Labute approximate surface area is 155 Å². The van der Waals surface area contributed by atoms with E-state index in [1.165, 1.54) is 0 Å². The molecule has 1 N–H and O–H groups in total. The second kappa shape index (κ2) is 7.89. The molecule has 0 saturated carbocycles. The number of methoxy groups -OCH3 is 1. The van der Waals surface area contributed by atoms with Crippen LogP contribution >= 0.6 is 23.1 Å². The maximum atomic E-state index is 12.3. The number of Topliss-reactive ketones (excluding diaryl/α,β-unsaturated/α-hetero) is 1. The number of ketones is 1. The largest absolute Gasteiger partial charge is 0.497 e. The van der Waals surface area contributed by atoms with E-state index in [-0.39, 0.29) is 5.78 Å². The van der Waals surface area contributed by atoms with Gasteiger partial charge in [-0.05, 0) is 32.0 Å². The van der Waals surface area contributed by atoms with Gasteiger partial charge in [0.2, 0.25) is 0 Å². The predicted octanol–water partition coefficient (Wildman–Crippen LogP) is 4.88. The van der Waals surface area contributed by atoms with Crippen LogP contribution in [0, 0.1) is 13.8 Å². The van der Waals surface area contributed by atoms with Crippen LogP contribution in [0.5, 0.6) is 5.75 Å². The molecule has 2 aromatic heterocycles. The molecular weight excluding hydrogens is 352 g/mol. The van der Waals surface area contributed by atoms with E-state index in [1.54, 1.807) is 30.2 Å². The molecule has 0 atom stereocenters. The highest BCUT2D eigenvalue weighted by molar-refractivity contribution is 7.99. The molecule has 0 fully saturated rings. The van der Waals surface area contributed by atoms with Crippen LogP contribution in [0.25, 0.3) is 10.6 Å². The van der Waals surface area contributed by atoms with Crippen LogP contribution in [0.2, 0.25) is 0 Å². The second-order valence-electron chi connectivity index (χ2n) is 5.78. The van der Waals surface area contributed by atoms with Crippen LogP contribution in [0.4, 0.5) is 0 Å². The van der Waals surface area contributed by atoms with Crippen molar-refractivity contribution in [2.24, 2.45) is 0 Å². The van der Waals surface area contributed by atoms with Crippen molar-refractivity contribution in [1.29, 1.82) is 0 Å². The molecular formula is C19H20N2O2S2. The summed E-state index contributed by atoms with van der Waals surface area (Å²) in [6, 6.07) is 9.81. The Morgan fingerprint density at radius 3 is 2.88 bits per heavy atom. The molecule has 0 spiro atoms. The quantitative estimate of drug-likeness (QED) is 0.601. The van der Waals surface area contributed by atoms with Crippen molar-refractivity contribution >= 4 is 28.9 Å². The van der Waals surface area contributed by atoms with E-state index in [0.717, 1.165) is 44.7 Å². The Hall–Kier alpha value is -2.05. The van der Waals surface area contributed by atoms with Crippen LogP contribution in [0.15, 0.2) is 35.7 Å². The minimum Gasteiger partial charge on any atom is -0.497 e. The fourth-order valence-electron chi connectivity index (χ4n) is 2.60. The summed E-state index contributed by atoms with van der Waals surface area (Å²) >= 11 is 3.21. The fraction of sp³-hybridized carbons (Fsp3) is 0.263. The summed E-state index contributed by atoms with van der Waals surface area (Å²) < 4.78 is 5.26. The molecule has 0 aliphatic heterocycles. The lowest BCUT2D eigenvalue weighted by atomic mass is 10.2. The number of nitrogens with zero attached hydrogens (tertiary/aromatic N) is 1. The molecule has 130 valence electrons. The number of rotatable bonds is 7. The maximum absolute atomic E-state index is 12.3. The van der Waals surface area contributed by atoms with E-state index in [9.17, 15) is 4.79 Å². The molecule has 0 aliphatic rings. The van der Waals surface area contributed by atoms with Crippen molar-refractivity contribution in [2.45, 2.75) is 19.6 Å². The molecule has 3 aromatic rings. The minimum atomic E-state index is 0.162. The monoisotopic (exact) mass is 372 g/mol. The van der Waals surface area contributed by atoms with Gasteiger partial charge in [0.1, 0.15) is 10.8 Å². The molecule has 0 aliphatic carbocycles. The first-order valence-corrected chi connectivity index (χ1v) is 9.96. The van der Waals surface area contributed by atoms with Gasteiger partial charge in [0.15, 0.2) is 5.78 Å². The molecule has 4 nitrogen and oxygen atoms in total. The summed E-state index contributed by atoms with van der Waals surface area (Å²) in [6.07, 6.45) is 0. The lowest BCUT2D eigenvalue weighted by Crippen LogP contribution is -2.03. The van der Waals surface area contributed by atoms with E-state index in [0.29, 0.717) is 5.75 Å². The standard InChI is InChI=1S/C19H20N2O2S2/c1-12-7-17(13(2)20-12)18(22)11-24-9-15-10-25-19(21-15)14-5-4-6-16(8-14)23-3/h4-8,10,20H,9,11H2,1-3H3. The highest BCUT2D eigenvalue weighted by Crippen LogP contribution is 2.28. The Morgan fingerprint density at radius 1 is 1.32 bits per heavy atom. The van der Waals surface area contributed by atoms with E-state index >= 15 is 0 Å². The van der Waals surface area contributed by atoms with Crippen LogP contribution < -0.4 is 4.74 Å². The number of aryl methyl sites for hydroxylation is 2. The van der Waals surface area contributed by atoms with Gasteiger partial charge in [0.25, 0.3) is 0 Å². The Balaban J connectivity index is 1.58. The number of carbonyl (C=O) groups is 1. The minimum absolute atomic E-state index is 0.162. The Morgan fingerprint density at radius 2 is 2.16 bits per heavy atom. The summed E-state index contributed by atoms with van der Waals surface area (Å²) in [7, 11) is 1.66. The van der Waals surface area contributed by atoms with Gasteiger partial charge in [-0.25, -0.2) is 4.98 Å². The van der Waals surface area contributed by atoms with Gasteiger partial charge in [-0.1, -0.05) is 12.1 Å². The highest BCUT2D eigenvalue weighted by Gasteiger charge is 2.12.